The van der Waals surface area contributed by atoms with Crippen LogP contribution in [-0.4, -0.2) is 23.0 Å². The Morgan fingerprint density at radius 2 is 1.83 bits per heavy atom. The zero-order chi connectivity index (χ0) is 16.2. The van der Waals surface area contributed by atoms with Crippen LogP contribution in [0.15, 0.2) is 54.6 Å². The summed E-state index contributed by atoms with van der Waals surface area (Å²) in [5.74, 6) is -0.890. The Morgan fingerprint density at radius 3 is 2.48 bits per heavy atom. The second-order valence-corrected chi connectivity index (χ2v) is 5.52. The molecule has 0 radical (unpaired) electrons. The van der Waals surface area contributed by atoms with E-state index in [9.17, 15) is 9.59 Å². The number of aromatic carboxylic acids is 1. The number of rotatable bonds is 6. The molecule has 1 unspecified atom stereocenters. The first-order valence-corrected chi connectivity index (χ1v) is 7.49. The summed E-state index contributed by atoms with van der Waals surface area (Å²) < 4.78 is 5.81. The van der Waals surface area contributed by atoms with Crippen LogP contribution in [0.4, 0.5) is 0 Å². The standard InChI is InChI=1S/C18H17NO4/c20-17(19-14-9-10-14)16(12-5-2-1-3-6-12)23-15-8-4-7-13(11-15)18(21)22/h1-8,11,14,16H,9-10H2,(H,19,20)(H,21,22). The molecule has 0 aliphatic heterocycles. The lowest BCUT2D eigenvalue weighted by Gasteiger charge is -2.19. The molecule has 1 aliphatic carbocycles. The molecule has 1 atom stereocenters. The Hall–Kier alpha value is -2.82. The predicted octanol–water partition coefficient (Wildman–Crippen LogP) is 2.78. The summed E-state index contributed by atoms with van der Waals surface area (Å²) in [6, 6.07) is 15.5. The highest BCUT2D eigenvalue weighted by atomic mass is 16.5. The van der Waals surface area contributed by atoms with Crippen molar-refractivity contribution >= 4 is 11.9 Å². The first kappa shape index (κ1) is 15.1. The maximum atomic E-state index is 12.5. The van der Waals surface area contributed by atoms with Crippen molar-refractivity contribution in [3.63, 3.8) is 0 Å². The first-order valence-electron chi connectivity index (χ1n) is 7.49. The second-order valence-electron chi connectivity index (χ2n) is 5.52. The molecule has 0 spiro atoms. The van der Waals surface area contributed by atoms with Gasteiger partial charge in [-0.05, 0) is 31.0 Å². The number of amides is 1. The van der Waals surface area contributed by atoms with E-state index in [1.165, 1.54) is 12.1 Å². The van der Waals surface area contributed by atoms with Gasteiger partial charge in [-0.3, -0.25) is 4.79 Å². The Labute approximate surface area is 133 Å². The third-order valence-corrected chi connectivity index (χ3v) is 3.60. The minimum atomic E-state index is -1.03. The van der Waals surface area contributed by atoms with Gasteiger partial charge in [-0.25, -0.2) is 4.79 Å². The van der Waals surface area contributed by atoms with Gasteiger partial charge in [0.2, 0.25) is 6.10 Å². The molecule has 1 amide bonds. The molecule has 2 N–H and O–H groups in total. The Morgan fingerprint density at radius 1 is 1.09 bits per heavy atom. The lowest BCUT2D eigenvalue weighted by atomic mass is 10.1. The second kappa shape index (κ2) is 6.52. The van der Waals surface area contributed by atoms with E-state index in [2.05, 4.69) is 5.32 Å². The SMILES string of the molecule is O=C(O)c1cccc(OC(C(=O)NC2CC2)c2ccccc2)c1. The summed E-state index contributed by atoms with van der Waals surface area (Å²) in [4.78, 5) is 23.5. The largest absolute Gasteiger partial charge is 0.478 e. The first-order chi connectivity index (χ1) is 11.1. The molecule has 3 rings (SSSR count). The van der Waals surface area contributed by atoms with E-state index in [-0.39, 0.29) is 17.5 Å². The average Bonchev–Trinajstić information content (AvgIpc) is 3.37. The zero-order valence-corrected chi connectivity index (χ0v) is 12.4. The van der Waals surface area contributed by atoms with Crippen LogP contribution < -0.4 is 10.1 Å². The molecule has 23 heavy (non-hydrogen) atoms. The topological polar surface area (TPSA) is 75.6 Å². The molecule has 5 heteroatoms. The minimum absolute atomic E-state index is 0.122. The Kier molecular flexibility index (Phi) is 4.28. The molecule has 2 aromatic carbocycles. The quantitative estimate of drug-likeness (QED) is 0.860. The van der Waals surface area contributed by atoms with Crippen molar-refractivity contribution < 1.29 is 19.4 Å². The van der Waals surface area contributed by atoms with Gasteiger partial charge in [-0.1, -0.05) is 36.4 Å². The number of hydrogen-bond donors (Lipinski definition) is 2. The Bertz CT molecular complexity index is 710. The maximum absolute atomic E-state index is 12.5. The lowest BCUT2D eigenvalue weighted by Crippen LogP contribution is -2.33. The van der Waals surface area contributed by atoms with Gasteiger partial charge in [-0.2, -0.15) is 0 Å². The summed E-state index contributed by atoms with van der Waals surface area (Å²) in [5, 5.41) is 12.0. The van der Waals surface area contributed by atoms with Crippen LogP contribution in [0.1, 0.15) is 34.9 Å². The van der Waals surface area contributed by atoms with Crippen LogP contribution in [0.2, 0.25) is 0 Å². The number of ether oxygens (including phenoxy) is 1. The highest BCUT2D eigenvalue weighted by Gasteiger charge is 2.29. The van der Waals surface area contributed by atoms with E-state index in [0.29, 0.717) is 5.75 Å². The monoisotopic (exact) mass is 311 g/mol. The van der Waals surface area contributed by atoms with E-state index in [4.69, 9.17) is 9.84 Å². The molecule has 1 saturated carbocycles. The fourth-order valence-electron chi connectivity index (χ4n) is 2.24. The summed E-state index contributed by atoms with van der Waals surface area (Å²) >= 11 is 0. The van der Waals surface area contributed by atoms with Crippen LogP contribution in [0.3, 0.4) is 0 Å². The van der Waals surface area contributed by atoms with E-state index in [1.54, 1.807) is 12.1 Å². The van der Waals surface area contributed by atoms with E-state index in [1.807, 2.05) is 30.3 Å². The van der Waals surface area contributed by atoms with Crippen LogP contribution in [0.25, 0.3) is 0 Å². The molecule has 0 bridgehead atoms. The smallest absolute Gasteiger partial charge is 0.335 e. The molecule has 0 heterocycles. The summed E-state index contributed by atoms with van der Waals surface area (Å²) in [7, 11) is 0. The highest BCUT2D eigenvalue weighted by molar-refractivity contribution is 5.88. The van der Waals surface area contributed by atoms with Crippen LogP contribution in [0.5, 0.6) is 5.75 Å². The molecule has 5 nitrogen and oxygen atoms in total. The number of carbonyl (C=O) groups is 2. The Balaban J connectivity index is 1.84. The third-order valence-electron chi connectivity index (χ3n) is 3.60. The molecule has 118 valence electrons. The van der Waals surface area contributed by atoms with Gasteiger partial charge >= 0.3 is 5.97 Å². The molecule has 1 fully saturated rings. The van der Waals surface area contributed by atoms with Crippen molar-refractivity contribution in [1.29, 1.82) is 0 Å². The molecule has 1 aliphatic rings. The molecule has 0 saturated heterocycles. The van der Waals surface area contributed by atoms with Gasteiger partial charge in [0.05, 0.1) is 5.56 Å². The van der Waals surface area contributed by atoms with Gasteiger partial charge in [0.25, 0.3) is 5.91 Å². The van der Waals surface area contributed by atoms with Gasteiger partial charge < -0.3 is 15.2 Å². The van der Waals surface area contributed by atoms with Crippen LogP contribution >= 0.6 is 0 Å². The number of benzene rings is 2. The summed E-state index contributed by atoms with van der Waals surface area (Å²) in [6.45, 7) is 0. The number of carbonyl (C=O) groups excluding carboxylic acids is 1. The third kappa shape index (κ3) is 3.88. The van der Waals surface area contributed by atoms with Crippen LogP contribution in [-0.2, 0) is 4.79 Å². The van der Waals surface area contributed by atoms with Gasteiger partial charge in [-0.15, -0.1) is 0 Å². The van der Waals surface area contributed by atoms with Gasteiger partial charge in [0.15, 0.2) is 0 Å². The van der Waals surface area contributed by atoms with Crippen molar-refractivity contribution in [2.45, 2.75) is 25.0 Å². The summed E-state index contributed by atoms with van der Waals surface area (Å²) in [6.07, 6.45) is 1.17. The highest BCUT2D eigenvalue weighted by Crippen LogP contribution is 2.25. The van der Waals surface area contributed by atoms with E-state index < -0.39 is 12.1 Å². The van der Waals surface area contributed by atoms with E-state index in [0.717, 1.165) is 18.4 Å². The van der Waals surface area contributed by atoms with Crippen molar-refractivity contribution in [1.82, 2.24) is 5.32 Å². The molecular formula is C18H17NO4. The minimum Gasteiger partial charge on any atom is -0.478 e. The van der Waals surface area contributed by atoms with E-state index >= 15 is 0 Å². The lowest BCUT2D eigenvalue weighted by molar-refractivity contribution is -0.128. The fraction of sp³-hybridized carbons (Fsp3) is 0.222. The van der Waals surface area contributed by atoms with Gasteiger partial charge in [0, 0.05) is 11.6 Å². The van der Waals surface area contributed by atoms with Crippen molar-refractivity contribution in [2.24, 2.45) is 0 Å². The normalized spacial score (nSPS) is 14.8. The zero-order valence-electron chi connectivity index (χ0n) is 12.4. The molecule has 0 aromatic heterocycles. The predicted molar refractivity (Wildman–Crippen MR) is 84.4 cm³/mol. The fourth-order valence-corrected chi connectivity index (χ4v) is 2.24. The number of hydrogen-bond acceptors (Lipinski definition) is 3. The number of carboxylic acid groups (broad SMARTS) is 1. The average molecular weight is 311 g/mol. The summed E-state index contributed by atoms with van der Waals surface area (Å²) in [5.41, 5.74) is 0.850. The van der Waals surface area contributed by atoms with Gasteiger partial charge in [0.1, 0.15) is 5.75 Å². The van der Waals surface area contributed by atoms with Crippen molar-refractivity contribution in [3.8, 4) is 5.75 Å². The number of carboxylic acids is 1. The molecule has 2 aromatic rings. The molecular weight excluding hydrogens is 294 g/mol. The van der Waals surface area contributed by atoms with Crippen LogP contribution in [0, 0.1) is 0 Å². The van der Waals surface area contributed by atoms with Crippen molar-refractivity contribution in [3.05, 3.63) is 65.7 Å². The number of nitrogens with one attached hydrogen (secondary N) is 1. The maximum Gasteiger partial charge on any atom is 0.335 e. The van der Waals surface area contributed by atoms with Crippen molar-refractivity contribution in [2.75, 3.05) is 0 Å².